The molecule has 8 heteroatoms. The van der Waals surface area contributed by atoms with Gasteiger partial charge in [-0.25, -0.2) is 12.8 Å². The van der Waals surface area contributed by atoms with Crippen molar-refractivity contribution in [2.24, 2.45) is 5.73 Å². The third kappa shape index (κ3) is 3.20. The van der Waals surface area contributed by atoms with Crippen LogP contribution in [0.2, 0.25) is 5.02 Å². The maximum absolute atomic E-state index is 13.7. The van der Waals surface area contributed by atoms with Gasteiger partial charge in [-0.3, -0.25) is 9.52 Å². The normalized spacial score (nSPS) is 11.2. The fourth-order valence-electron chi connectivity index (χ4n) is 1.95. The number of carbonyl (C=O) groups excluding carboxylic acids is 1. The zero-order valence-corrected chi connectivity index (χ0v) is 13.0. The van der Waals surface area contributed by atoms with Crippen molar-refractivity contribution < 1.29 is 17.6 Å². The lowest BCUT2D eigenvalue weighted by molar-refractivity contribution is 0.0999. The topological polar surface area (TPSA) is 89.3 Å². The van der Waals surface area contributed by atoms with E-state index in [4.69, 9.17) is 17.3 Å². The lowest BCUT2D eigenvalue weighted by Crippen LogP contribution is -2.16. The summed E-state index contributed by atoms with van der Waals surface area (Å²) in [7, 11) is -4.20. The van der Waals surface area contributed by atoms with Crippen LogP contribution in [-0.2, 0) is 10.0 Å². The van der Waals surface area contributed by atoms with Gasteiger partial charge in [0.25, 0.3) is 10.0 Å². The maximum Gasteiger partial charge on any atom is 0.266 e. The summed E-state index contributed by atoms with van der Waals surface area (Å²) in [5, 5.41) is -0.224. The van der Waals surface area contributed by atoms with Crippen molar-refractivity contribution in [1.82, 2.24) is 0 Å². The summed E-state index contributed by atoms with van der Waals surface area (Å²) in [4.78, 5) is 10.5. The highest BCUT2D eigenvalue weighted by Crippen LogP contribution is 2.26. The zero-order chi connectivity index (χ0) is 16.5. The van der Waals surface area contributed by atoms with Crippen LogP contribution in [0.4, 0.5) is 10.1 Å². The first kappa shape index (κ1) is 16.3. The Balaban J connectivity index is 2.42. The van der Waals surface area contributed by atoms with Gasteiger partial charge < -0.3 is 5.73 Å². The van der Waals surface area contributed by atoms with Gasteiger partial charge in [-0.05, 0) is 42.8 Å². The number of rotatable bonds is 4. The Morgan fingerprint density at radius 2 is 1.95 bits per heavy atom. The molecule has 0 radical (unpaired) electrons. The maximum atomic E-state index is 13.7. The fraction of sp³-hybridized carbons (Fsp3) is 0.0714. The molecule has 0 heterocycles. The molecular formula is C14H12ClFN2O3S. The number of hydrogen-bond donors (Lipinski definition) is 2. The Morgan fingerprint density at radius 3 is 2.50 bits per heavy atom. The van der Waals surface area contributed by atoms with E-state index in [1.165, 1.54) is 30.3 Å². The lowest BCUT2D eigenvalue weighted by Gasteiger charge is -2.11. The molecule has 0 aliphatic heterocycles. The summed E-state index contributed by atoms with van der Waals surface area (Å²) in [6.45, 7) is 1.61. The minimum Gasteiger partial charge on any atom is -0.366 e. The van der Waals surface area contributed by atoms with Crippen LogP contribution in [0.1, 0.15) is 15.9 Å². The molecule has 2 aromatic rings. The van der Waals surface area contributed by atoms with Crippen molar-refractivity contribution in [2.45, 2.75) is 11.8 Å². The van der Waals surface area contributed by atoms with E-state index in [2.05, 4.69) is 4.72 Å². The molecule has 1 amide bonds. The number of nitrogens with two attached hydrogens (primary N) is 1. The van der Waals surface area contributed by atoms with Crippen LogP contribution in [0.15, 0.2) is 41.3 Å². The van der Waals surface area contributed by atoms with Crippen LogP contribution >= 0.6 is 11.6 Å². The van der Waals surface area contributed by atoms with Crippen LogP contribution < -0.4 is 10.5 Å². The van der Waals surface area contributed by atoms with Crippen LogP contribution in [0, 0.1) is 12.7 Å². The lowest BCUT2D eigenvalue weighted by atomic mass is 10.1. The molecule has 0 fully saturated rings. The molecule has 0 atom stereocenters. The number of amides is 1. The van der Waals surface area contributed by atoms with Crippen molar-refractivity contribution in [3.05, 3.63) is 58.4 Å². The van der Waals surface area contributed by atoms with Crippen molar-refractivity contribution in [2.75, 3.05) is 4.72 Å². The molecule has 0 spiro atoms. The molecule has 0 aliphatic carbocycles. The summed E-state index contributed by atoms with van der Waals surface area (Å²) in [6, 6.07) is 7.76. The Bertz CT molecular complexity index is 833. The SMILES string of the molecule is Cc1cc(NS(=O)(=O)c2c(F)cccc2Cl)ccc1C(N)=O. The zero-order valence-electron chi connectivity index (χ0n) is 11.4. The number of aryl methyl sites for hydroxylation is 1. The van der Waals surface area contributed by atoms with Gasteiger partial charge in [0.05, 0.1) is 5.02 Å². The minimum atomic E-state index is -4.20. The number of halogens is 2. The van der Waals surface area contributed by atoms with E-state index in [1.807, 2.05) is 0 Å². The number of primary amides is 1. The highest BCUT2D eigenvalue weighted by atomic mass is 35.5. The number of sulfonamides is 1. The summed E-state index contributed by atoms with van der Waals surface area (Å²) >= 11 is 5.76. The number of carbonyl (C=O) groups is 1. The Labute approximate surface area is 131 Å². The van der Waals surface area contributed by atoms with Crippen molar-refractivity contribution in [1.29, 1.82) is 0 Å². The Kier molecular flexibility index (Phi) is 4.39. The first-order valence-corrected chi connectivity index (χ1v) is 7.96. The predicted molar refractivity (Wildman–Crippen MR) is 81.9 cm³/mol. The molecule has 2 rings (SSSR count). The molecule has 0 saturated carbocycles. The predicted octanol–water partition coefficient (Wildman–Crippen LogP) is 2.69. The first-order valence-electron chi connectivity index (χ1n) is 6.09. The Hall–Kier alpha value is -2.12. The number of hydrogen-bond acceptors (Lipinski definition) is 3. The van der Waals surface area contributed by atoms with Crippen LogP contribution in [0.3, 0.4) is 0 Å². The largest absolute Gasteiger partial charge is 0.366 e. The molecular weight excluding hydrogens is 331 g/mol. The second-order valence-electron chi connectivity index (χ2n) is 4.55. The number of anilines is 1. The molecule has 3 N–H and O–H groups in total. The van der Waals surface area contributed by atoms with Gasteiger partial charge in [-0.2, -0.15) is 0 Å². The van der Waals surface area contributed by atoms with Crippen LogP contribution in [0.5, 0.6) is 0 Å². The summed E-state index contributed by atoms with van der Waals surface area (Å²) in [5.74, 6) is -1.57. The van der Waals surface area contributed by atoms with Gasteiger partial charge in [0, 0.05) is 11.3 Å². The second kappa shape index (κ2) is 5.94. The number of nitrogens with one attached hydrogen (secondary N) is 1. The minimum absolute atomic E-state index is 0.168. The molecule has 0 saturated heterocycles. The summed E-state index contributed by atoms with van der Waals surface area (Å²) < 4.78 is 40.4. The fourth-order valence-corrected chi connectivity index (χ4v) is 3.61. The van der Waals surface area contributed by atoms with Gasteiger partial charge in [-0.15, -0.1) is 0 Å². The second-order valence-corrected chi connectivity index (χ2v) is 6.58. The smallest absolute Gasteiger partial charge is 0.266 e. The molecule has 0 unspecified atom stereocenters. The van der Waals surface area contributed by atoms with E-state index in [0.29, 0.717) is 5.56 Å². The quantitative estimate of drug-likeness (QED) is 0.895. The molecule has 116 valence electrons. The van der Waals surface area contributed by atoms with Gasteiger partial charge in [-0.1, -0.05) is 17.7 Å². The van der Waals surface area contributed by atoms with Gasteiger partial charge in [0.15, 0.2) is 0 Å². The van der Waals surface area contributed by atoms with Crippen LogP contribution in [-0.4, -0.2) is 14.3 Å². The highest BCUT2D eigenvalue weighted by molar-refractivity contribution is 7.92. The first-order chi connectivity index (χ1) is 10.2. The van der Waals surface area contributed by atoms with E-state index in [-0.39, 0.29) is 16.3 Å². The van der Waals surface area contributed by atoms with E-state index in [1.54, 1.807) is 6.92 Å². The summed E-state index contributed by atoms with van der Waals surface area (Å²) in [6.07, 6.45) is 0. The molecule has 0 bridgehead atoms. The standard InChI is InChI=1S/C14H12ClFN2O3S/c1-8-7-9(5-6-10(8)14(17)19)18-22(20,21)13-11(15)3-2-4-12(13)16/h2-7,18H,1H3,(H2,17,19). The average Bonchev–Trinajstić information content (AvgIpc) is 2.36. The molecule has 22 heavy (non-hydrogen) atoms. The van der Waals surface area contributed by atoms with E-state index < -0.39 is 26.6 Å². The molecule has 0 aromatic heterocycles. The average molecular weight is 343 g/mol. The Morgan fingerprint density at radius 1 is 1.27 bits per heavy atom. The van der Waals surface area contributed by atoms with Gasteiger partial charge in [0.2, 0.25) is 5.91 Å². The van der Waals surface area contributed by atoms with Gasteiger partial charge >= 0.3 is 0 Å². The van der Waals surface area contributed by atoms with Crippen molar-refractivity contribution >= 4 is 33.2 Å². The summed E-state index contributed by atoms with van der Waals surface area (Å²) in [5.41, 5.74) is 6.11. The third-order valence-electron chi connectivity index (χ3n) is 2.93. The van der Waals surface area contributed by atoms with Crippen LogP contribution in [0.25, 0.3) is 0 Å². The molecule has 5 nitrogen and oxygen atoms in total. The van der Waals surface area contributed by atoms with E-state index in [9.17, 15) is 17.6 Å². The highest BCUT2D eigenvalue weighted by Gasteiger charge is 2.23. The molecule has 2 aromatic carbocycles. The number of benzene rings is 2. The van der Waals surface area contributed by atoms with Gasteiger partial charge in [0.1, 0.15) is 10.7 Å². The van der Waals surface area contributed by atoms with E-state index >= 15 is 0 Å². The monoisotopic (exact) mass is 342 g/mol. The molecule has 0 aliphatic rings. The van der Waals surface area contributed by atoms with Crippen molar-refractivity contribution in [3.8, 4) is 0 Å². The third-order valence-corrected chi connectivity index (χ3v) is 4.82. The van der Waals surface area contributed by atoms with E-state index in [0.717, 1.165) is 6.07 Å². The van der Waals surface area contributed by atoms with Crippen molar-refractivity contribution in [3.63, 3.8) is 0 Å².